The van der Waals surface area contributed by atoms with Crippen LogP contribution in [-0.4, -0.2) is 67.6 Å². The van der Waals surface area contributed by atoms with Gasteiger partial charge in [-0.15, -0.1) is 0 Å². The molecule has 2 saturated heterocycles. The Morgan fingerprint density at radius 1 is 1.27 bits per heavy atom. The summed E-state index contributed by atoms with van der Waals surface area (Å²) >= 11 is 0. The third-order valence-electron chi connectivity index (χ3n) is 5.62. The molecule has 1 atom stereocenters. The Kier molecular flexibility index (Phi) is 5.66. The van der Waals surface area contributed by atoms with Gasteiger partial charge in [0.05, 0.1) is 7.11 Å². The van der Waals surface area contributed by atoms with Gasteiger partial charge in [-0.1, -0.05) is 12.1 Å². The van der Waals surface area contributed by atoms with E-state index >= 15 is 0 Å². The number of amides is 3. The van der Waals surface area contributed by atoms with Crippen LogP contribution in [-0.2, 0) is 11.3 Å². The van der Waals surface area contributed by atoms with Crippen molar-refractivity contribution in [1.29, 1.82) is 0 Å². The molecule has 3 rings (SSSR count). The van der Waals surface area contributed by atoms with Crippen molar-refractivity contribution in [2.45, 2.75) is 31.3 Å². The number of benzene rings is 1. The van der Waals surface area contributed by atoms with Crippen molar-refractivity contribution in [3.8, 4) is 5.75 Å². The smallest absolute Gasteiger partial charge is 0.317 e. The summed E-state index contributed by atoms with van der Waals surface area (Å²) in [5.74, 6) is 0.911. The lowest BCUT2D eigenvalue weighted by Crippen LogP contribution is -2.63. The number of nitrogens with zero attached hydrogens (tertiary/aromatic N) is 2. The van der Waals surface area contributed by atoms with E-state index in [0.717, 1.165) is 30.7 Å². The number of hydrogen-bond donors (Lipinski definition) is 2. The number of nitrogens with one attached hydrogen (secondary N) is 2. The fourth-order valence-corrected chi connectivity index (χ4v) is 3.80. The minimum absolute atomic E-state index is 0.0446. The third kappa shape index (κ3) is 4.09. The van der Waals surface area contributed by atoms with Crippen molar-refractivity contribution in [2.75, 3.05) is 40.3 Å². The number of carbonyl (C=O) groups is 2. The third-order valence-corrected chi connectivity index (χ3v) is 5.62. The van der Waals surface area contributed by atoms with Crippen LogP contribution in [0.15, 0.2) is 24.3 Å². The van der Waals surface area contributed by atoms with Crippen molar-refractivity contribution in [2.24, 2.45) is 0 Å². The number of carbonyl (C=O) groups excluding carboxylic acids is 2. The first-order valence-electron chi connectivity index (χ1n) is 9.16. The average Bonchev–Trinajstić information content (AvgIpc) is 2.85. The van der Waals surface area contributed by atoms with Crippen LogP contribution in [0.2, 0.25) is 0 Å². The summed E-state index contributed by atoms with van der Waals surface area (Å²) in [6.45, 7) is 3.35. The molecule has 0 saturated carbocycles. The number of ether oxygens (including phenoxy) is 1. The molecule has 1 spiro atoms. The van der Waals surface area contributed by atoms with Gasteiger partial charge in [0.2, 0.25) is 5.91 Å². The van der Waals surface area contributed by atoms with Crippen LogP contribution in [0.1, 0.15) is 24.8 Å². The first-order chi connectivity index (χ1) is 12.5. The van der Waals surface area contributed by atoms with E-state index in [4.69, 9.17) is 4.74 Å². The van der Waals surface area contributed by atoms with E-state index in [1.807, 2.05) is 29.2 Å². The first kappa shape index (κ1) is 18.5. The highest BCUT2D eigenvalue weighted by molar-refractivity contribution is 5.76. The van der Waals surface area contributed by atoms with Crippen LogP contribution < -0.4 is 15.4 Å². The molecule has 7 nitrogen and oxygen atoms in total. The molecule has 1 aromatic rings. The molecular formula is C19H28N4O3. The number of likely N-dealkylation sites (N-methyl/N-ethyl adjacent to an activating group) is 1. The zero-order valence-corrected chi connectivity index (χ0v) is 15.6. The average molecular weight is 360 g/mol. The number of hydrogen-bond acceptors (Lipinski definition) is 4. The highest BCUT2D eigenvalue weighted by Crippen LogP contribution is 2.30. The van der Waals surface area contributed by atoms with Gasteiger partial charge in [-0.2, -0.15) is 0 Å². The second-order valence-electron chi connectivity index (χ2n) is 7.17. The van der Waals surface area contributed by atoms with Crippen LogP contribution >= 0.6 is 0 Å². The van der Waals surface area contributed by atoms with E-state index in [9.17, 15) is 9.59 Å². The highest BCUT2D eigenvalue weighted by Gasteiger charge is 2.42. The maximum atomic E-state index is 12.7. The largest absolute Gasteiger partial charge is 0.497 e. The van der Waals surface area contributed by atoms with Crippen LogP contribution in [0.3, 0.4) is 0 Å². The molecule has 0 aromatic heterocycles. The van der Waals surface area contributed by atoms with Gasteiger partial charge in [0, 0.05) is 44.7 Å². The van der Waals surface area contributed by atoms with Crippen molar-refractivity contribution >= 4 is 11.9 Å². The van der Waals surface area contributed by atoms with Gasteiger partial charge in [0.15, 0.2) is 0 Å². The topological polar surface area (TPSA) is 73.9 Å². The zero-order chi connectivity index (χ0) is 18.6. The summed E-state index contributed by atoms with van der Waals surface area (Å²) in [5.41, 5.74) is 0.918. The van der Waals surface area contributed by atoms with E-state index < -0.39 is 0 Å². The molecule has 2 heterocycles. The predicted molar refractivity (Wildman–Crippen MR) is 99.0 cm³/mol. The molecule has 2 N–H and O–H groups in total. The van der Waals surface area contributed by atoms with Crippen molar-refractivity contribution in [3.63, 3.8) is 0 Å². The normalized spacial score (nSPS) is 24.1. The van der Waals surface area contributed by atoms with Crippen molar-refractivity contribution in [3.05, 3.63) is 29.8 Å². The maximum absolute atomic E-state index is 12.7. The Hall–Kier alpha value is -2.28. The summed E-state index contributed by atoms with van der Waals surface area (Å²) in [7, 11) is 3.74. The Bertz CT molecular complexity index is 649. The van der Waals surface area contributed by atoms with Crippen molar-refractivity contribution in [1.82, 2.24) is 20.4 Å². The zero-order valence-electron chi connectivity index (χ0n) is 15.6. The Morgan fingerprint density at radius 2 is 2.04 bits per heavy atom. The minimum atomic E-state index is -0.116. The van der Waals surface area contributed by atoms with Gasteiger partial charge >= 0.3 is 6.03 Å². The van der Waals surface area contributed by atoms with E-state index in [2.05, 4.69) is 22.6 Å². The van der Waals surface area contributed by atoms with Gasteiger partial charge < -0.3 is 20.3 Å². The highest BCUT2D eigenvalue weighted by atomic mass is 16.5. The van der Waals surface area contributed by atoms with E-state index in [1.54, 1.807) is 7.11 Å². The Balaban J connectivity index is 1.59. The van der Waals surface area contributed by atoms with Gasteiger partial charge in [-0.05, 0) is 37.6 Å². The van der Waals surface area contributed by atoms with Crippen LogP contribution in [0.4, 0.5) is 4.79 Å². The molecule has 1 aromatic carbocycles. The van der Waals surface area contributed by atoms with Crippen LogP contribution in [0, 0.1) is 0 Å². The molecule has 3 amide bonds. The predicted octanol–water partition coefficient (Wildman–Crippen LogP) is 1.19. The van der Waals surface area contributed by atoms with Crippen LogP contribution in [0.5, 0.6) is 5.75 Å². The lowest BCUT2D eigenvalue weighted by atomic mass is 9.86. The van der Waals surface area contributed by atoms with E-state index in [0.29, 0.717) is 32.6 Å². The minimum Gasteiger partial charge on any atom is -0.497 e. The lowest BCUT2D eigenvalue weighted by Gasteiger charge is -2.49. The van der Waals surface area contributed by atoms with Gasteiger partial charge in [-0.25, -0.2) is 4.79 Å². The quantitative estimate of drug-likeness (QED) is 0.849. The molecule has 2 aliphatic heterocycles. The fourth-order valence-electron chi connectivity index (χ4n) is 3.80. The summed E-state index contributed by atoms with van der Waals surface area (Å²) in [6.07, 6.45) is 2.18. The molecule has 0 bridgehead atoms. The molecule has 0 aliphatic carbocycles. The fraction of sp³-hybridized carbons (Fsp3) is 0.579. The standard InChI is InChI=1S/C19H28N4O3/c1-22-11-12-23(14-19(22)8-7-17(24)20-10-9-19)18(25)21-13-15-3-5-16(26-2)6-4-15/h3-6H,7-14H2,1-2H3,(H,20,24)(H,21,25). The molecule has 26 heavy (non-hydrogen) atoms. The summed E-state index contributed by atoms with van der Waals surface area (Å²) < 4.78 is 5.15. The van der Waals surface area contributed by atoms with Gasteiger partial charge in [0.25, 0.3) is 0 Å². The summed E-state index contributed by atoms with van der Waals surface area (Å²) in [5, 5.41) is 5.95. The van der Waals surface area contributed by atoms with Crippen molar-refractivity contribution < 1.29 is 14.3 Å². The molecule has 1 unspecified atom stereocenters. The van der Waals surface area contributed by atoms with Gasteiger partial charge in [-0.3, -0.25) is 9.69 Å². The molecular weight excluding hydrogens is 332 g/mol. The first-order valence-corrected chi connectivity index (χ1v) is 9.16. The number of urea groups is 1. The molecule has 142 valence electrons. The maximum Gasteiger partial charge on any atom is 0.317 e. The van der Waals surface area contributed by atoms with Crippen LogP contribution in [0.25, 0.3) is 0 Å². The lowest BCUT2D eigenvalue weighted by molar-refractivity contribution is -0.121. The molecule has 0 radical (unpaired) electrons. The Labute approximate surface area is 154 Å². The number of piperazine rings is 1. The number of methoxy groups -OCH3 is 1. The molecule has 2 fully saturated rings. The summed E-state index contributed by atoms with van der Waals surface area (Å²) in [6, 6.07) is 7.64. The Morgan fingerprint density at radius 3 is 2.77 bits per heavy atom. The molecule has 7 heteroatoms. The summed E-state index contributed by atoms with van der Waals surface area (Å²) in [4.78, 5) is 28.6. The number of rotatable bonds is 3. The second-order valence-corrected chi connectivity index (χ2v) is 7.17. The molecule has 2 aliphatic rings. The van der Waals surface area contributed by atoms with E-state index in [1.165, 1.54) is 0 Å². The second kappa shape index (κ2) is 7.95. The van der Waals surface area contributed by atoms with Gasteiger partial charge in [0.1, 0.15) is 5.75 Å². The SMILES string of the molecule is COc1ccc(CNC(=O)N2CCN(C)C3(CCNC(=O)CC3)C2)cc1. The van der Waals surface area contributed by atoms with E-state index in [-0.39, 0.29) is 17.5 Å². The monoisotopic (exact) mass is 360 g/mol.